The maximum Gasteiger partial charge on any atom is 0.435 e. The monoisotopic (exact) mass is 747 g/mol. The summed E-state index contributed by atoms with van der Waals surface area (Å²) in [5, 5.41) is 3.06. The standard InChI is InChI=1S/C39H37N7O7S/c1-3-52-36(48)23-42-35(47)24-46(54(50,51)33-13-7-11-28-12-8-20-41-37(28)33)30-18-19-32-31(22-30)43-34(45(32)2)21-26-14-16-29(17-15-26)38(40)44-39(49)53-25-27-9-5-4-6-10-27/h4-20,22H,3,21,23-25H2,1-2H3,(H,42,47)(H2,40,44,49). The number of aryl methyl sites for hydroxylation is 1. The number of rotatable bonds is 13. The number of amides is 2. The molecule has 54 heavy (non-hydrogen) atoms. The zero-order chi connectivity index (χ0) is 38.2. The van der Waals surface area contributed by atoms with Gasteiger partial charge in [0.05, 0.1) is 28.8 Å². The van der Waals surface area contributed by atoms with Crippen molar-refractivity contribution >= 4 is 61.5 Å². The summed E-state index contributed by atoms with van der Waals surface area (Å²) >= 11 is 0. The fourth-order valence-corrected chi connectivity index (χ4v) is 7.31. The molecule has 2 heterocycles. The molecule has 6 aromatic rings. The summed E-state index contributed by atoms with van der Waals surface area (Å²) < 4.78 is 41.7. The van der Waals surface area contributed by atoms with Gasteiger partial charge in [0.15, 0.2) is 0 Å². The van der Waals surface area contributed by atoms with Gasteiger partial charge in [0, 0.05) is 30.6 Å². The molecule has 14 nitrogen and oxygen atoms in total. The number of carbonyl (C=O) groups is 3. The van der Waals surface area contributed by atoms with E-state index in [0.717, 1.165) is 20.9 Å². The number of hydrogen-bond donors (Lipinski definition) is 2. The molecule has 0 saturated carbocycles. The van der Waals surface area contributed by atoms with E-state index >= 15 is 0 Å². The summed E-state index contributed by atoms with van der Waals surface area (Å²) in [4.78, 5) is 50.1. The number of aliphatic imine (C=N–C) groups is 1. The maximum absolute atomic E-state index is 14.3. The van der Waals surface area contributed by atoms with Crippen LogP contribution in [0.25, 0.3) is 21.9 Å². The third-order valence-corrected chi connectivity index (χ3v) is 10.3. The van der Waals surface area contributed by atoms with Crippen LogP contribution in [0.3, 0.4) is 0 Å². The highest BCUT2D eigenvalue weighted by molar-refractivity contribution is 7.93. The number of nitrogens with one attached hydrogen (secondary N) is 1. The average molecular weight is 748 g/mol. The number of aromatic nitrogens is 3. The molecule has 15 heteroatoms. The summed E-state index contributed by atoms with van der Waals surface area (Å²) in [6, 6.07) is 29.6. The molecule has 0 aliphatic heterocycles. The van der Waals surface area contributed by atoms with Gasteiger partial charge in [-0.15, -0.1) is 0 Å². The minimum Gasteiger partial charge on any atom is -0.465 e. The molecule has 0 aliphatic carbocycles. The summed E-state index contributed by atoms with van der Waals surface area (Å²) in [7, 11) is -2.52. The van der Waals surface area contributed by atoms with Gasteiger partial charge >= 0.3 is 12.1 Å². The van der Waals surface area contributed by atoms with Gasteiger partial charge in [-0.05, 0) is 48.4 Å². The third kappa shape index (κ3) is 8.53. The van der Waals surface area contributed by atoms with E-state index in [1.807, 2.05) is 54.1 Å². The van der Waals surface area contributed by atoms with E-state index in [-0.39, 0.29) is 35.1 Å². The lowest BCUT2D eigenvalue weighted by Crippen LogP contribution is -2.42. The first-order valence-corrected chi connectivity index (χ1v) is 18.4. The molecule has 0 atom stereocenters. The number of ether oxygens (including phenoxy) is 2. The summed E-state index contributed by atoms with van der Waals surface area (Å²) in [5.41, 5.74) is 10.0. The first kappa shape index (κ1) is 37.2. The van der Waals surface area contributed by atoms with Crippen LogP contribution in [-0.2, 0) is 49.2 Å². The third-order valence-electron chi connectivity index (χ3n) is 8.46. The molecule has 0 spiro atoms. The summed E-state index contributed by atoms with van der Waals surface area (Å²) in [6.07, 6.45) is 1.12. The first-order valence-electron chi connectivity index (χ1n) is 16.9. The van der Waals surface area contributed by atoms with Gasteiger partial charge in [-0.1, -0.05) is 72.8 Å². The minimum atomic E-state index is -4.37. The highest BCUT2D eigenvalue weighted by Gasteiger charge is 2.30. The molecule has 6 rings (SSSR count). The van der Waals surface area contributed by atoms with Crippen molar-refractivity contribution in [2.75, 3.05) is 24.0 Å². The molecule has 2 amide bonds. The van der Waals surface area contributed by atoms with Crippen LogP contribution < -0.4 is 15.4 Å². The van der Waals surface area contributed by atoms with Crippen LogP contribution in [0, 0.1) is 0 Å². The largest absolute Gasteiger partial charge is 0.465 e. The summed E-state index contributed by atoms with van der Waals surface area (Å²) in [5.74, 6) is -0.657. The van der Waals surface area contributed by atoms with Crippen molar-refractivity contribution in [2.45, 2.75) is 24.8 Å². The first-order chi connectivity index (χ1) is 26.0. The molecule has 0 fully saturated rings. The lowest BCUT2D eigenvalue weighted by atomic mass is 10.1. The fraction of sp³-hybridized carbons (Fsp3) is 0.179. The molecular formula is C39H37N7O7S. The second-order valence-electron chi connectivity index (χ2n) is 12.1. The van der Waals surface area contributed by atoms with Crippen molar-refractivity contribution in [3.8, 4) is 0 Å². The van der Waals surface area contributed by atoms with Gasteiger partial charge in [-0.25, -0.2) is 18.2 Å². The van der Waals surface area contributed by atoms with Crippen molar-refractivity contribution in [3.05, 3.63) is 132 Å². The highest BCUT2D eigenvalue weighted by atomic mass is 32.2. The Morgan fingerprint density at radius 1 is 0.907 bits per heavy atom. The fourth-order valence-electron chi connectivity index (χ4n) is 5.73. The number of benzene rings is 4. The Bertz CT molecular complexity index is 2460. The maximum atomic E-state index is 14.3. The predicted octanol–water partition coefficient (Wildman–Crippen LogP) is 4.63. The summed E-state index contributed by atoms with van der Waals surface area (Å²) in [6.45, 7) is 0.819. The lowest BCUT2D eigenvalue weighted by Gasteiger charge is -2.24. The van der Waals surface area contributed by atoms with E-state index < -0.39 is 41.1 Å². The zero-order valence-electron chi connectivity index (χ0n) is 29.5. The number of hydrogen-bond acceptors (Lipinski definition) is 9. The van der Waals surface area contributed by atoms with Gasteiger partial charge in [-0.3, -0.25) is 18.9 Å². The van der Waals surface area contributed by atoms with Gasteiger partial charge in [0.2, 0.25) is 5.91 Å². The van der Waals surface area contributed by atoms with E-state index in [4.69, 9.17) is 20.2 Å². The minimum absolute atomic E-state index is 0.0169. The molecular weight excluding hydrogens is 711 g/mol. The number of imidazole rings is 1. The van der Waals surface area contributed by atoms with E-state index in [9.17, 15) is 22.8 Å². The number of sulfonamides is 1. The molecule has 4 aromatic carbocycles. The van der Waals surface area contributed by atoms with Crippen molar-refractivity contribution in [3.63, 3.8) is 0 Å². The number of esters is 1. The Hall–Kier alpha value is -6.61. The topological polar surface area (TPSA) is 188 Å². The molecule has 276 valence electrons. The highest BCUT2D eigenvalue weighted by Crippen LogP contribution is 2.30. The molecule has 0 bridgehead atoms. The Kier molecular flexibility index (Phi) is 11.3. The SMILES string of the molecule is CCOC(=O)CNC(=O)CN(c1ccc2c(c1)nc(Cc1ccc(/C(N)=N/C(=O)OCc3ccccc3)cc1)n2C)S(=O)(=O)c1cccc2cccnc12. The Morgan fingerprint density at radius 3 is 2.43 bits per heavy atom. The molecule has 3 N–H and O–H groups in total. The number of para-hydroxylation sites is 1. The molecule has 0 aliphatic rings. The predicted molar refractivity (Wildman–Crippen MR) is 203 cm³/mol. The smallest absolute Gasteiger partial charge is 0.435 e. The van der Waals surface area contributed by atoms with E-state index in [0.29, 0.717) is 28.7 Å². The zero-order valence-corrected chi connectivity index (χ0v) is 30.3. The second-order valence-corrected chi connectivity index (χ2v) is 13.9. The Balaban J connectivity index is 1.24. The normalized spacial score (nSPS) is 11.7. The van der Waals surface area contributed by atoms with Crippen LogP contribution in [0.5, 0.6) is 0 Å². The van der Waals surface area contributed by atoms with Crippen LogP contribution in [-0.4, -0.2) is 66.5 Å². The van der Waals surface area contributed by atoms with Crippen molar-refractivity contribution in [1.29, 1.82) is 0 Å². The van der Waals surface area contributed by atoms with E-state index in [1.54, 1.807) is 61.5 Å². The number of amidine groups is 1. The van der Waals surface area contributed by atoms with Crippen molar-refractivity contribution in [1.82, 2.24) is 19.9 Å². The quantitative estimate of drug-likeness (QED) is 0.0958. The average Bonchev–Trinajstić information content (AvgIpc) is 3.49. The van der Waals surface area contributed by atoms with Crippen LogP contribution in [0.1, 0.15) is 29.4 Å². The van der Waals surface area contributed by atoms with Gasteiger partial charge < -0.3 is 25.1 Å². The van der Waals surface area contributed by atoms with Gasteiger partial charge in [0.25, 0.3) is 10.0 Å². The molecule has 0 unspecified atom stereocenters. The number of nitrogens with zero attached hydrogens (tertiary/aromatic N) is 5. The van der Waals surface area contributed by atoms with Crippen LogP contribution in [0.4, 0.5) is 10.5 Å². The second kappa shape index (κ2) is 16.4. The van der Waals surface area contributed by atoms with Crippen LogP contribution in [0.15, 0.2) is 119 Å². The number of pyridine rings is 1. The van der Waals surface area contributed by atoms with Crippen LogP contribution >= 0.6 is 0 Å². The van der Waals surface area contributed by atoms with E-state index in [2.05, 4.69) is 15.3 Å². The number of fused-ring (bicyclic) bond motifs is 2. The van der Waals surface area contributed by atoms with E-state index in [1.165, 1.54) is 12.3 Å². The lowest BCUT2D eigenvalue weighted by molar-refractivity contribution is -0.143. The van der Waals surface area contributed by atoms with Gasteiger partial charge in [0.1, 0.15) is 36.3 Å². The Labute approximate surface area is 311 Å². The number of nitrogens with two attached hydrogens (primary N) is 1. The Morgan fingerprint density at radius 2 is 1.67 bits per heavy atom. The molecule has 0 saturated heterocycles. The van der Waals surface area contributed by atoms with Gasteiger partial charge in [-0.2, -0.15) is 4.99 Å². The van der Waals surface area contributed by atoms with Crippen molar-refractivity contribution in [2.24, 2.45) is 17.8 Å². The molecule has 2 aromatic heterocycles. The number of carbonyl (C=O) groups excluding carboxylic acids is 3. The number of anilines is 1. The van der Waals surface area contributed by atoms with Crippen molar-refractivity contribution < 1.29 is 32.3 Å². The molecule has 0 radical (unpaired) electrons. The van der Waals surface area contributed by atoms with Crippen LogP contribution in [0.2, 0.25) is 0 Å².